The fourth-order valence-electron chi connectivity index (χ4n) is 3.57. The van der Waals surface area contributed by atoms with Gasteiger partial charge in [0, 0.05) is 24.4 Å². The predicted molar refractivity (Wildman–Crippen MR) is 90.3 cm³/mol. The first kappa shape index (κ1) is 15.7. The number of alkyl halides is 1. The maximum Gasteiger partial charge on any atom is 0.0941 e. The van der Waals surface area contributed by atoms with Crippen molar-refractivity contribution in [2.24, 2.45) is 0 Å². The summed E-state index contributed by atoms with van der Waals surface area (Å²) >= 11 is 7.56. The molecule has 0 spiro atoms. The molecule has 5 heteroatoms. The summed E-state index contributed by atoms with van der Waals surface area (Å²) in [5.41, 5.74) is 1.03. The molecule has 1 aromatic rings. The van der Waals surface area contributed by atoms with Gasteiger partial charge in [-0.15, -0.1) is 22.9 Å². The number of rotatable bonds is 5. The molecule has 21 heavy (non-hydrogen) atoms. The van der Waals surface area contributed by atoms with E-state index in [2.05, 4.69) is 20.2 Å². The summed E-state index contributed by atoms with van der Waals surface area (Å²) in [6, 6.07) is 0.851. The van der Waals surface area contributed by atoms with E-state index < -0.39 is 0 Å². The van der Waals surface area contributed by atoms with Crippen molar-refractivity contribution in [3.63, 3.8) is 0 Å². The summed E-state index contributed by atoms with van der Waals surface area (Å²) in [4.78, 5) is 9.91. The topological polar surface area (TPSA) is 19.4 Å². The summed E-state index contributed by atoms with van der Waals surface area (Å²) in [6.45, 7) is 6.35. The Morgan fingerprint density at radius 1 is 1.14 bits per heavy atom. The van der Waals surface area contributed by atoms with E-state index in [0.29, 0.717) is 5.88 Å². The molecule has 0 aromatic carbocycles. The van der Waals surface area contributed by atoms with Crippen LogP contribution < -0.4 is 0 Å². The van der Waals surface area contributed by atoms with Crippen molar-refractivity contribution in [1.82, 2.24) is 14.8 Å². The molecule has 3 rings (SSSR count). The summed E-state index contributed by atoms with van der Waals surface area (Å²) in [6.07, 6.45) is 8.04. The molecule has 2 fully saturated rings. The van der Waals surface area contributed by atoms with Crippen LogP contribution in [0, 0.1) is 0 Å². The first-order chi connectivity index (χ1) is 10.3. The van der Waals surface area contributed by atoms with Crippen LogP contribution in [0.4, 0.5) is 0 Å². The molecule has 0 N–H and O–H groups in total. The van der Waals surface area contributed by atoms with Crippen LogP contribution in [0.25, 0.3) is 0 Å². The molecule has 0 radical (unpaired) electrons. The zero-order chi connectivity index (χ0) is 14.5. The average Bonchev–Trinajstić information content (AvgIpc) is 3.02. The Hall–Kier alpha value is -0.160. The normalized spacial score (nSPS) is 22.7. The minimum Gasteiger partial charge on any atom is -0.303 e. The van der Waals surface area contributed by atoms with Gasteiger partial charge >= 0.3 is 0 Å². The minimum absolute atomic E-state index is 0.539. The number of nitrogens with zero attached hydrogens (tertiary/aromatic N) is 3. The third kappa shape index (κ3) is 4.41. The summed E-state index contributed by atoms with van der Waals surface area (Å²) < 4.78 is 0. The van der Waals surface area contributed by atoms with E-state index in [-0.39, 0.29) is 0 Å². The predicted octanol–water partition coefficient (Wildman–Crippen LogP) is 3.37. The Bertz CT molecular complexity index is 423. The average molecular weight is 328 g/mol. The molecule has 2 aliphatic rings. The zero-order valence-electron chi connectivity index (χ0n) is 12.8. The second-order valence-corrected chi connectivity index (χ2v) is 7.50. The van der Waals surface area contributed by atoms with Gasteiger partial charge in [0.25, 0.3) is 0 Å². The van der Waals surface area contributed by atoms with Gasteiger partial charge in [-0.2, -0.15) is 0 Å². The standard InChI is InChI=1S/C16H26ClN3S/c17-12-14-13-21-16(18-14)6-11-19-9-4-15(5-10-19)20-7-2-1-3-8-20/h13,15H,1-12H2. The molecule has 118 valence electrons. The highest BCUT2D eigenvalue weighted by Crippen LogP contribution is 2.21. The van der Waals surface area contributed by atoms with Gasteiger partial charge < -0.3 is 9.80 Å². The van der Waals surface area contributed by atoms with E-state index >= 15 is 0 Å². The smallest absolute Gasteiger partial charge is 0.0941 e. The number of hydrogen-bond donors (Lipinski definition) is 0. The number of likely N-dealkylation sites (tertiary alicyclic amines) is 2. The number of piperidine rings is 2. The van der Waals surface area contributed by atoms with Gasteiger partial charge in [-0.3, -0.25) is 0 Å². The monoisotopic (exact) mass is 327 g/mol. The van der Waals surface area contributed by atoms with Gasteiger partial charge in [0.15, 0.2) is 0 Å². The second-order valence-electron chi connectivity index (χ2n) is 6.29. The fraction of sp³-hybridized carbons (Fsp3) is 0.812. The van der Waals surface area contributed by atoms with E-state index in [4.69, 9.17) is 11.6 Å². The molecule has 3 nitrogen and oxygen atoms in total. The van der Waals surface area contributed by atoms with E-state index in [9.17, 15) is 0 Å². The molecule has 0 bridgehead atoms. The fourth-order valence-corrected chi connectivity index (χ4v) is 4.59. The van der Waals surface area contributed by atoms with Gasteiger partial charge in [-0.05, 0) is 51.9 Å². The van der Waals surface area contributed by atoms with Crippen LogP contribution in [0.1, 0.15) is 42.8 Å². The third-order valence-electron chi connectivity index (χ3n) is 4.84. The largest absolute Gasteiger partial charge is 0.303 e. The van der Waals surface area contributed by atoms with Gasteiger partial charge in [0.2, 0.25) is 0 Å². The molecule has 0 atom stereocenters. The molecule has 1 aromatic heterocycles. The highest BCUT2D eigenvalue weighted by atomic mass is 35.5. The summed E-state index contributed by atoms with van der Waals surface area (Å²) in [5, 5.41) is 3.33. The lowest BCUT2D eigenvalue weighted by Crippen LogP contribution is -2.47. The van der Waals surface area contributed by atoms with Gasteiger partial charge in [0.05, 0.1) is 16.6 Å². The van der Waals surface area contributed by atoms with Crippen LogP contribution in [0.5, 0.6) is 0 Å². The minimum atomic E-state index is 0.539. The molecular formula is C16H26ClN3S. The molecule has 0 amide bonds. The third-order valence-corrected chi connectivity index (χ3v) is 6.07. The Morgan fingerprint density at radius 3 is 2.57 bits per heavy atom. The SMILES string of the molecule is ClCc1csc(CCN2CCC(N3CCCCC3)CC2)n1. The first-order valence-corrected chi connectivity index (χ1v) is 9.72. The molecule has 2 saturated heterocycles. The maximum atomic E-state index is 5.81. The molecule has 0 saturated carbocycles. The highest BCUT2D eigenvalue weighted by Gasteiger charge is 2.25. The van der Waals surface area contributed by atoms with Gasteiger partial charge in [0.1, 0.15) is 0 Å². The first-order valence-electron chi connectivity index (χ1n) is 8.31. The Kier molecular flexibility index (Phi) is 5.92. The second kappa shape index (κ2) is 7.91. The number of halogens is 1. The van der Waals surface area contributed by atoms with Crippen LogP contribution in [0.15, 0.2) is 5.38 Å². The zero-order valence-corrected chi connectivity index (χ0v) is 14.3. The molecule has 0 aliphatic carbocycles. The van der Waals surface area contributed by atoms with Crippen molar-refractivity contribution in [2.45, 2.75) is 50.4 Å². The Morgan fingerprint density at radius 2 is 1.90 bits per heavy atom. The van der Waals surface area contributed by atoms with Gasteiger partial charge in [-0.1, -0.05) is 6.42 Å². The highest BCUT2D eigenvalue weighted by molar-refractivity contribution is 7.09. The number of aromatic nitrogens is 1. The van der Waals surface area contributed by atoms with E-state index in [0.717, 1.165) is 24.7 Å². The molecule has 2 aliphatic heterocycles. The van der Waals surface area contributed by atoms with Crippen LogP contribution >= 0.6 is 22.9 Å². The summed E-state index contributed by atoms with van der Waals surface area (Å²) in [5.74, 6) is 0.539. The number of thiazole rings is 1. The van der Waals surface area contributed by atoms with Crippen molar-refractivity contribution in [1.29, 1.82) is 0 Å². The lowest BCUT2D eigenvalue weighted by molar-refractivity contribution is 0.0931. The lowest BCUT2D eigenvalue weighted by atomic mass is 10.00. The van der Waals surface area contributed by atoms with E-state index in [1.54, 1.807) is 11.3 Å². The van der Waals surface area contributed by atoms with Crippen molar-refractivity contribution < 1.29 is 0 Å². The van der Waals surface area contributed by atoms with E-state index in [1.165, 1.54) is 63.3 Å². The molecule has 3 heterocycles. The molecule has 0 unspecified atom stereocenters. The van der Waals surface area contributed by atoms with Crippen LogP contribution in [-0.4, -0.2) is 53.5 Å². The quantitative estimate of drug-likeness (QED) is 0.773. The Balaban J connectivity index is 1.39. The summed E-state index contributed by atoms with van der Waals surface area (Å²) in [7, 11) is 0. The van der Waals surface area contributed by atoms with Crippen molar-refractivity contribution >= 4 is 22.9 Å². The van der Waals surface area contributed by atoms with Crippen molar-refractivity contribution in [2.75, 3.05) is 32.7 Å². The molecular weight excluding hydrogens is 302 g/mol. The maximum absolute atomic E-state index is 5.81. The van der Waals surface area contributed by atoms with Gasteiger partial charge in [-0.25, -0.2) is 4.98 Å². The van der Waals surface area contributed by atoms with Crippen LogP contribution in [0.2, 0.25) is 0 Å². The number of hydrogen-bond acceptors (Lipinski definition) is 4. The van der Waals surface area contributed by atoms with E-state index in [1.807, 2.05) is 0 Å². The van der Waals surface area contributed by atoms with Crippen LogP contribution in [0.3, 0.4) is 0 Å². The van der Waals surface area contributed by atoms with Crippen molar-refractivity contribution in [3.8, 4) is 0 Å². The van der Waals surface area contributed by atoms with Crippen LogP contribution in [-0.2, 0) is 12.3 Å². The Labute approximate surface area is 137 Å². The lowest BCUT2D eigenvalue weighted by Gasteiger charge is -2.40. The van der Waals surface area contributed by atoms with Crippen molar-refractivity contribution in [3.05, 3.63) is 16.1 Å².